The Morgan fingerprint density at radius 2 is 1.94 bits per heavy atom. The van der Waals surface area contributed by atoms with Crippen LogP contribution in [0.4, 0.5) is 0 Å². The van der Waals surface area contributed by atoms with Crippen molar-refractivity contribution >= 4 is 0 Å². The predicted octanol–water partition coefficient (Wildman–Crippen LogP) is 1.90. The molecule has 0 amide bonds. The molecule has 0 aromatic rings. The first-order valence-electron chi connectivity index (χ1n) is 7.51. The van der Waals surface area contributed by atoms with Gasteiger partial charge in [0, 0.05) is 19.6 Å². The van der Waals surface area contributed by atoms with Crippen molar-refractivity contribution in [1.29, 1.82) is 0 Å². The Morgan fingerprint density at radius 3 is 2.44 bits per heavy atom. The third-order valence-electron chi connectivity index (χ3n) is 4.52. The summed E-state index contributed by atoms with van der Waals surface area (Å²) in [6.07, 6.45) is 3.98. The van der Waals surface area contributed by atoms with Crippen molar-refractivity contribution in [3.63, 3.8) is 0 Å². The van der Waals surface area contributed by atoms with Gasteiger partial charge in [-0.3, -0.25) is 0 Å². The van der Waals surface area contributed by atoms with Crippen molar-refractivity contribution in [2.24, 2.45) is 11.3 Å². The fourth-order valence-electron chi connectivity index (χ4n) is 3.12. The highest BCUT2D eigenvalue weighted by Crippen LogP contribution is 2.23. The summed E-state index contributed by atoms with van der Waals surface area (Å²) in [7, 11) is 6.59. The minimum absolute atomic E-state index is 0.412. The Kier molecular flexibility index (Phi) is 6.61. The van der Waals surface area contributed by atoms with E-state index in [9.17, 15) is 0 Å². The van der Waals surface area contributed by atoms with E-state index in [1.807, 2.05) is 0 Å². The van der Waals surface area contributed by atoms with Gasteiger partial charge in [-0.05, 0) is 64.8 Å². The topological polar surface area (TPSA) is 18.5 Å². The molecule has 3 heteroatoms. The zero-order chi connectivity index (χ0) is 13.6. The molecule has 1 N–H and O–H groups in total. The molecular weight excluding hydrogens is 222 g/mol. The van der Waals surface area contributed by atoms with Gasteiger partial charge in [0.1, 0.15) is 0 Å². The van der Waals surface area contributed by atoms with E-state index in [1.54, 1.807) is 0 Å². The molecule has 0 spiro atoms. The molecule has 1 unspecified atom stereocenters. The van der Waals surface area contributed by atoms with Gasteiger partial charge in [0.15, 0.2) is 0 Å². The van der Waals surface area contributed by atoms with E-state index in [2.05, 4.69) is 50.1 Å². The maximum absolute atomic E-state index is 3.34. The molecule has 0 aliphatic carbocycles. The monoisotopic (exact) mass is 255 g/mol. The summed E-state index contributed by atoms with van der Waals surface area (Å²) >= 11 is 0. The Balaban J connectivity index is 2.33. The highest BCUT2D eigenvalue weighted by Gasteiger charge is 2.25. The number of likely N-dealkylation sites (tertiary alicyclic amines) is 1. The first-order chi connectivity index (χ1) is 8.49. The fourth-order valence-corrected chi connectivity index (χ4v) is 3.12. The summed E-state index contributed by atoms with van der Waals surface area (Å²) in [5.74, 6) is 0.905. The largest absolute Gasteiger partial charge is 0.319 e. The smallest absolute Gasteiger partial charge is 0.00444 e. The fraction of sp³-hybridized carbons (Fsp3) is 1.00. The molecule has 1 heterocycles. The normalized spacial score (nSPS) is 22.3. The highest BCUT2D eigenvalue weighted by molar-refractivity contribution is 4.80. The molecule has 0 radical (unpaired) electrons. The van der Waals surface area contributed by atoms with Gasteiger partial charge in [-0.1, -0.05) is 13.8 Å². The molecule has 0 aromatic heterocycles. The van der Waals surface area contributed by atoms with Crippen molar-refractivity contribution in [1.82, 2.24) is 15.1 Å². The van der Waals surface area contributed by atoms with Crippen LogP contribution >= 0.6 is 0 Å². The van der Waals surface area contributed by atoms with E-state index < -0.39 is 0 Å². The van der Waals surface area contributed by atoms with Crippen molar-refractivity contribution in [3.05, 3.63) is 0 Å². The molecule has 108 valence electrons. The summed E-state index contributed by atoms with van der Waals surface area (Å²) < 4.78 is 0. The van der Waals surface area contributed by atoms with E-state index in [0.29, 0.717) is 5.41 Å². The van der Waals surface area contributed by atoms with Crippen LogP contribution in [0.5, 0.6) is 0 Å². The first-order valence-corrected chi connectivity index (χ1v) is 7.51. The van der Waals surface area contributed by atoms with Crippen LogP contribution in [-0.2, 0) is 0 Å². The van der Waals surface area contributed by atoms with Gasteiger partial charge in [0.05, 0.1) is 0 Å². The molecule has 1 fully saturated rings. The molecule has 1 aliphatic heterocycles. The summed E-state index contributed by atoms with van der Waals surface area (Å²) in [6, 6.07) is 0. The average Bonchev–Trinajstić information content (AvgIpc) is 2.32. The van der Waals surface area contributed by atoms with Crippen LogP contribution in [0, 0.1) is 11.3 Å². The number of rotatable bonds is 7. The van der Waals surface area contributed by atoms with Gasteiger partial charge in [0.25, 0.3) is 0 Å². The Hall–Kier alpha value is -0.120. The minimum Gasteiger partial charge on any atom is -0.319 e. The molecule has 3 nitrogen and oxygen atoms in total. The van der Waals surface area contributed by atoms with E-state index in [1.165, 1.54) is 45.4 Å². The van der Waals surface area contributed by atoms with Crippen LogP contribution in [0.15, 0.2) is 0 Å². The summed E-state index contributed by atoms with van der Waals surface area (Å²) in [5, 5.41) is 3.34. The maximum atomic E-state index is 3.34. The number of piperidine rings is 1. The van der Waals surface area contributed by atoms with Gasteiger partial charge in [-0.2, -0.15) is 0 Å². The third kappa shape index (κ3) is 5.25. The van der Waals surface area contributed by atoms with Gasteiger partial charge in [0.2, 0.25) is 0 Å². The van der Waals surface area contributed by atoms with Crippen LogP contribution < -0.4 is 5.32 Å². The van der Waals surface area contributed by atoms with Crippen LogP contribution in [0.3, 0.4) is 0 Å². The van der Waals surface area contributed by atoms with Gasteiger partial charge < -0.3 is 15.1 Å². The van der Waals surface area contributed by atoms with Crippen molar-refractivity contribution in [2.75, 3.05) is 53.9 Å². The maximum Gasteiger partial charge on any atom is 0.00444 e. The second-order valence-electron chi connectivity index (χ2n) is 6.64. The third-order valence-corrected chi connectivity index (χ3v) is 4.52. The molecule has 0 aromatic carbocycles. The average molecular weight is 255 g/mol. The highest BCUT2D eigenvalue weighted by atomic mass is 15.1. The van der Waals surface area contributed by atoms with E-state index >= 15 is 0 Å². The number of hydrogen-bond acceptors (Lipinski definition) is 3. The Morgan fingerprint density at radius 1 is 1.33 bits per heavy atom. The summed E-state index contributed by atoms with van der Waals surface area (Å²) in [5.41, 5.74) is 0.412. The molecule has 18 heavy (non-hydrogen) atoms. The molecule has 1 atom stereocenters. The second-order valence-corrected chi connectivity index (χ2v) is 6.64. The lowest BCUT2D eigenvalue weighted by molar-refractivity contribution is 0.134. The summed E-state index contributed by atoms with van der Waals surface area (Å²) in [4.78, 5) is 5.00. The van der Waals surface area contributed by atoms with Crippen LogP contribution in [0.1, 0.15) is 33.1 Å². The molecule has 0 saturated carbocycles. The second kappa shape index (κ2) is 7.46. The van der Waals surface area contributed by atoms with Crippen LogP contribution in [0.25, 0.3) is 0 Å². The van der Waals surface area contributed by atoms with Crippen molar-refractivity contribution < 1.29 is 0 Å². The molecule has 1 rings (SSSR count). The Labute approximate surface area is 114 Å². The van der Waals surface area contributed by atoms with E-state index in [4.69, 9.17) is 0 Å². The number of hydrogen-bond donors (Lipinski definition) is 1. The standard InChI is InChI=1S/C15H33N3/c1-6-15(2,12-16-3)13-18(5)11-14-7-9-17(4)10-8-14/h14,16H,6-13H2,1-5H3. The lowest BCUT2D eigenvalue weighted by atomic mass is 9.86. The van der Waals surface area contributed by atoms with Crippen molar-refractivity contribution in [2.45, 2.75) is 33.1 Å². The van der Waals surface area contributed by atoms with E-state index in [-0.39, 0.29) is 0 Å². The summed E-state index contributed by atoms with van der Waals surface area (Å²) in [6.45, 7) is 10.8. The Bertz CT molecular complexity index is 224. The molecule has 1 saturated heterocycles. The van der Waals surface area contributed by atoms with E-state index in [0.717, 1.165) is 12.5 Å². The number of nitrogens with zero attached hydrogens (tertiary/aromatic N) is 2. The van der Waals surface area contributed by atoms with Crippen LogP contribution in [-0.4, -0.2) is 63.7 Å². The predicted molar refractivity (Wildman–Crippen MR) is 80.0 cm³/mol. The molecule has 0 bridgehead atoms. The van der Waals surface area contributed by atoms with Gasteiger partial charge in [-0.25, -0.2) is 0 Å². The lowest BCUT2D eigenvalue weighted by Crippen LogP contribution is -2.42. The molecule has 1 aliphatic rings. The van der Waals surface area contributed by atoms with Gasteiger partial charge >= 0.3 is 0 Å². The minimum atomic E-state index is 0.412. The van der Waals surface area contributed by atoms with Crippen molar-refractivity contribution in [3.8, 4) is 0 Å². The van der Waals surface area contributed by atoms with Crippen LogP contribution in [0.2, 0.25) is 0 Å². The first kappa shape index (κ1) is 15.9. The van der Waals surface area contributed by atoms with Gasteiger partial charge in [-0.15, -0.1) is 0 Å². The lowest BCUT2D eigenvalue weighted by Gasteiger charge is -2.36. The quantitative estimate of drug-likeness (QED) is 0.749. The SMILES string of the molecule is CCC(C)(CNC)CN(C)CC1CCN(C)CC1. The molecular formula is C15H33N3. The zero-order valence-electron chi connectivity index (χ0n) is 13.1. The zero-order valence-corrected chi connectivity index (χ0v) is 13.1. The number of nitrogens with one attached hydrogen (secondary N) is 1.